The fourth-order valence-electron chi connectivity index (χ4n) is 2.85. The maximum absolute atomic E-state index is 6.08. The minimum atomic E-state index is 0.487. The van der Waals surface area contributed by atoms with Crippen LogP contribution in [0.2, 0.25) is 5.02 Å². The zero-order valence-electron chi connectivity index (χ0n) is 10.9. The van der Waals surface area contributed by atoms with Crippen LogP contribution in [0.3, 0.4) is 0 Å². The van der Waals surface area contributed by atoms with Crippen LogP contribution < -0.4 is 5.32 Å². The molecular formula is C15H21BrClN. The molecule has 0 aliphatic heterocycles. The van der Waals surface area contributed by atoms with Crippen molar-refractivity contribution >= 4 is 27.5 Å². The third-order valence-corrected chi connectivity index (χ3v) is 5.00. The van der Waals surface area contributed by atoms with E-state index in [1.165, 1.54) is 37.7 Å². The third-order valence-electron chi connectivity index (χ3n) is 3.79. The Morgan fingerprint density at radius 2 is 2.11 bits per heavy atom. The van der Waals surface area contributed by atoms with Gasteiger partial charge in [0.05, 0.1) is 5.02 Å². The molecular weight excluding hydrogens is 310 g/mol. The molecule has 3 heteroatoms. The van der Waals surface area contributed by atoms with Gasteiger partial charge in [-0.15, -0.1) is 0 Å². The van der Waals surface area contributed by atoms with Crippen molar-refractivity contribution in [3.63, 3.8) is 0 Å². The van der Waals surface area contributed by atoms with Gasteiger partial charge in [-0.3, -0.25) is 0 Å². The minimum absolute atomic E-state index is 0.487. The van der Waals surface area contributed by atoms with E-state index in [4.69, 9.17) is 11.6 Å². The molecule has 1 nitrogen and oxygen atoms in total. The van der Waals surface area contributed by atoms with Crippen molar-refractivity contribution in [2.75, 3.05) is 6.54 Å². The molecule has 18 heavy (non-hydrogen) atoms. The SMILES string of the molecule is CCCNC(c1ccc(Cl)c(Br)c1)C1CCCC1. The van der Waals surface area contributed by atoms with Crippen LogP contribution in [0, 0.1) is 5.92 Å². The molecule has 100 valence electrons. The number of nitrogens with one attached hydrogen (secondary N) is 1. The third kappa shape index (κ3) is 3.49. The van der Waals surface area contributed by atoms with Gasteiger partial charge in [-0.1, -0.05) is 37.4 Å². The molecule has 0 aromatic heterocycles. The van der Waals surface area contributed by atoms with Crippen LogP contribution in [-0.2, 0) is 0 Å². The highest BCUT2D eigenvalue weighted by molar-refractivity contribution is 9.10. The Morgan fingerprint density at radius 3 is 2.72 bits per heavy atom. The topological polar surface area (TPSA) is 12.0 Å². The van der Waals surface area contributed by atoms with Crippen molar-refractivity contribution in [3.05, 3.63) is 33.3 Å². The van der Waals surface area contributed by atoms with E-state index in [-0.39, 0.29) is 0 Å². The van der Waals surface area contributed by atoms with E-state index in [1.807, 2.05) is 6.07 Å². The Bertz CT molecular complexity index is 388. The normalized spacial score (nSPS) is 18.2. The Kier molecular flexibility index (Phi) is 5.53. The summed E-state index contributed by atoms with van der Waals surface area (Å²) in [4.78, 5) is 0. The summed E-state index contributed by atoms with van der Waals surface area (Å²) in [6.45, 7) is 3.30. The number of halogens is 2. The van der Waals surface area contributed by atoms with Crippen molar-refractivity contribution in [1.29, 1.82) is 0 Å². The van der Waals surface area contributed by atoms with E-state index >= 15 is 0 Å². The van der Waals surface area contributed by atoms with E-state index < -0.39 is 0 Å². The molecule has 1 aliphatic carbocycles. The molecule has 1 saturated carbocycles. The predicted octanol–water partition coefficient (Wildman–Crippen LogP) is 5.33. The molecule has 1 unspecified atom stereocenters. The molecule has 1 atom stereocenters. The first-order valence-corrected chi connectivity index (χ1v) is 8.07. The molecule has 0 bridgehead atoms. The molecule has 2 rings (SSSR count). The van der Waals surface area contributed by atoms with Crippen LogP contribution in [0.5, 0.6) is 0 Å². The van der Waals surface area contributed by atoms with Gasteiger partial charge in [0.25, 0.3) is 0 Å². The highest BCUT2D eigenvalue weighted by Crippen LogP contribution is 2.37. The fraction of sp³-hybridized carbons (Fsp3) is 0.600. The quantitative estimate of drug-likeness (QED) is 0.769. The summed E-state index contributed by atoms with van der Waals surface area (Å²) >= 11 is 9.61. The van der Waals surface area contributed by atoms with Crippen LogP contribution in [0.1, 0.15) is 50.6 Å². The summed E-state index contributed by atoms with van der Waals surface area (Å²) in [5.41, 5.74) is 1.37. The first-order valence-electron chi connectivity index (χ1n) is 6.90. The number of benzene rings is 1. The summed E-state index contributed by atoms with van der Waals surface area (Å²) in [7, 11) is 0. The summed E-state index contributed by atoms with van der Waals surface area (Å²) < 4.78 is 1.00. The smallest absolute Gasteiger partial charge is 0.0548 e. The maximum atomic E-state index is 6.08. The molecule has 1 aromatic carbocycles. The van der Waals surface area contributed by atoms with Gasteiger partial charge in [-0.25, -0.2) is 0 Å². The predicted molar refractivity (Wildman–Crippen MR) is 82.1 cm³/mol. The van der Waals surface area contributed by atoms with E-state index in [0.29, 0.717) is 6.04 Å². The maximum Gasteiger partial charge on any atom is 0.0548 e. The average Bonchev–Trinajstić information content (AvgIpc) is 2.88. The van der Waals surface area contributed by atoms with Gasteiger partial charge < -0.3 is 5.32 Å². The van der Waals surface area contributed by atoms with Gasteiger partial charge in [0.1, 0.15) is 0 Å². The molecule has 0 radical (unpaired) electrons. The Balaban J connectivity index is 2.17. The number of rotatable bonds is 5. The van der Waals surface area contributed by atoms with Gasteiger partial charge in [0, 0.05) is 10.5 Å². The molecule has 0 heterocycles. The van der Waals surface area contributed by atoms with E-state index in [1.54, 1.807) is 0 Å². The zero-order valence-corrected chi connectivity index (χ0v) is 13.2. The zero-order chi connectivity index (χ0) is 13.0. The first-order chi connectivity index (χ1) is 8.72. The lowest BCUT2D eigenvalue weighted by molar-refractivity contribution is 0.368. The average molecular weight is 331 g/mol. The standard InChI is InChI=1S/C15H21BrClN/c1-2-9-18-15(11-5-3-4-6-11)12-7-8-14(17)13(16)10-12/h7-8,10-11,15,18H,2-6,9H2,1H3. The summed E-state index contributed by atoms with van der Waals surface area (Å²) in [5.74, 6) is 0.782. The van der Waals surface area contributed by atoms with Gasteiger partial charge >= 0.3 is 0 Å². The van der Waals surface area contributed by atoms with Crippen molar-refractivity contribution in [3.8, 4) is 0 Å². The van der Waals surface area contributed by atoms with E-state index in [0.717, 1.165) is 22.0 Å². The van der Waals surface area contributed by atoms with Crippen molar-refractivity contribution in [1.82, 2.24) is 5.32 Å². The second-order valence-corrected chi connectivity index (χ2v) is 6.41. The lowest BCUT2D eigenvalue weighted by Gasteiger charge is -2.25. The Morgan fingerprint density at radius 1 is 1.39 bits per heavy atom. The van der Waals surface area contributed by atoms with Crippen molar-refractivity contribution in [2.45, 2.75) is 45.1 Å². The van der Waals surface area contributed by atoms with Gasteiger partial charge in [-0.2, -0.15) is 0 Å². The number of hydrogen-bond donors (Lipinski definition) is 1. The van der Waals surface area contributed by atoms with Crippen molar-refractivity contribution in [2.24, 2.45) is 5.92 Å². The molecule has 0 amide bonds. The fourth-order valence-corrected chi connectivity index (χ4v) is 3.37. The van der Waals surface area contributed by atoms with Crippen LogP contribution in [0.25, 0.3) is 0 Å². The first kappa shape index (κ1) is 14.4. The minimum Gasteiger partial charge on any atom is -0.310 e. The van der Waals surface area contributed by atoms with E-state index in [2.05, 4.69) is 40.3 Å². The number of hydrogen-bond acceptors (Lipinski definition) is 1. The van der Waals surface area contributed by atoms with Crippen molar-refractivity contribution < 1.29 is 0 Å². The van der Waals surface area contributed by atoms with Gasteiger partial charge in [0.2, 0.25) is 0 Å². The molecule has 0 saturated heterocycles. The molecule has 1 aliphatic rings. The van der Waals surface area contributed by atoms with Gasteiger partial charge in [0.15, 0.2) is 0 Å². The van der Waals surface area contributed by atoms with Crippen LogP contribution in [0.4, 0.5) is 0 Å². The summed E-state index contributed by atoms with van der Waals surface area (Å²) in [5, 5.41) is 4.50. The van der Waals surface area contributed by atoms with E-state index in [9.17, 15) is 0 Å². The van der Waals surface area contributed by atoms with Crippen LogP contribution >= 0.6 is 27.5 Å². The molecule has 0 spiro atoms. The lowest BCUT2D eigenvalue weighted by atomic mass is 9.91. The summed E-state index contributed by atoms with van der Waals surface area (Å²) in [6.07, 6.45) is 6.63. The Labute approximate surface area is 123 Å². The summed E-state index contributed by atoms with van der Waals surface area (Å²) in [6, 6.07) is 6.82. The molecule has 1 fully saturated rings. The Hall–Kier alpha value is -0.0500. The van der Waals surface area contributed by atoms with Gasteiger partial charge in [-0.05, 0) is 65.4 Å². The molecule has 1 N–H and O–H groups in total. The highest BCUT2D eigenvalue weighted by atomic mass is 79.9. The molecule has 1 aromatic rings. The highest BCUT2D eigenvalue weighted by Gasteiger charge is 2.26. The second kappa shape index (κ2) is 6.93. The van der Waals surface area contributed by atoms with Crippen LogP contribution in [-0.4, -0.2) is 6.54 Å². The second-order valence-electron chi connectivity index (χ2n) is 5.15. The lowest BCUT2D eigenvalue weighted by Crippen LogP contribution is -2.27. The van der Waals surface area contributed by atoms with Crippen LogP contribution in [0.15, 0.2) is 22.7 Å². The monoisotopic (exact) mass is 329 g/mol. The largest absolute Gasteiger partial charge is 0.310 e.